The molecule has 0 amide bonds. The zero-order valence-electron chi connectivity index (χ0n) is 7.13. The number of benzene rings is 1. The molecule has 1 aromatic rings. The van der Waals surface area contributed by atoms with Crippen LogP contribution in [0.4, 0.5) is 11.4 Å². The van der Waals surface area contributed by atoms with E-state index in [-0.39, 0.29) is 12.4 Å². The van der Waals surface area contributed by atoms with E-state index in [1.54, 1.807) is 7.11 Å². The van der Waals surface area contributed by atoms with Gasteiger partial charge in [-0.25, -0.2) is 0 Å². The van der Waals surface area contributed by atoms with E-state index >= 15 is 0 Å². The number of rotatable bonds is 1. The van der Waals surface area contributed by atoms with Crippen molar-refractivity contribution in [1.29, 1.82) is 0 Å². The maximum Gasteiger partial charge on any atom is 0.164 e. The average Bonchev–Trinajstić information content (AvgIpc) is 1.85. The van der Waals surface area contributed by atoms with Crippen molar-refractivity contribution in [3.8, 4) is 5.75 Å². The molecule has 3 nitrogen and oxygen atoms in total. The van der Waals surface area contributed by atoms with Crippen LogP contribution in [0.3, 0.4) is 0 Å². The van der Waals surface area contributed by atoms with Gasteiger partial charge >= 0.3 is 0 Å². The molecule has 0 aliphatic carbocycles. The Bertz CT molecular complexity index is 253. The number of halogens is 1. The first-order valence-electron chi connectivity index (χ1n) is 3.34. The van der Waals surface area contributed by atoms with Gasteiger partial charge in [-0.1, -0.05) is 0 Å². The number of hydrogen-bond donors (Lipinski definition) is 2. The molecule has 0 saturated heterocycles. The summed E-state index contributed by atoms with van der Waals surface area (Å²) in [6.45, 7) is 1.94. The van der Waals surface area contributed by atoms with Crippen LogP contribution in [-0.2, 0) is 0 Å². The lowest BCUT2D eigenvalue weighted by molar-refractivity contribution is 0.419. The highest BCUT2D eigenvalue weighted by Gasteiger charge is 2.03. The van der Waals surface area contributed by atoms with E-state index in [2.05, 4.69) is 0 Å². The molecule has 4 N–H and O–H groups in total. The van der Waals surface area contributed by atoms with Gasteiger partial charge in [0.2, 0.25) is 0 Å². The summed E-state index contributed by atoms with van der Waals surface area (Å²) in [7, 11) is 1.55. The van der Waals surface area contributed by atoms with Gasteiger partial charge in [0.15, 0.2) is 5.75 Å². The molecule has 0 heterocycles. The Hall–Kier alpha value is -1.09. The molecule has 1 aromatic carbocycles. The molecule has 0 aliphatic rings. The van der Waals surface area contributed by atoms with Gasteiger partial charge in [-0.15, -0.1) is 12.4 Å². The molecule has 4 heteroatoms. The summed E-state index contributed by atoms with van der Waals surface area (Å²) in [5.41, 5.74) is 13.5. The zero-order chi connectivity index (χ0) is 8.43. The molecule has 0 atom stereocenters. The Morgan fingerprint density at radius 3 is 1.92 bits per heavy atom. The van der Waals surface area contributed by atoms with E-state index < -0.39 is 0 Å². The number of hydrogen-bond acceptors (Lipinski definition) is 3. The van der Waals surface area contributed by atoms with E-state index in [4.69, 9.17) is 16.2 Å². The topological polar surface area (TPSA) is 61.3 Å². The fourth-order valence-corrected chi connectivity index (χ4v) is 1.07. The van der Waals surface area contributed by atoms with Crippen molar-refractivity contribution < 1.29 is 4.74 Å². The van der Waals surface area contributed by atoms with E-state index in [0.29, 0.717) is 17.1 Å². The number of methoxy groups -OCH3 is 1. The molecule has 0 aliphatic heterocycles. The Kier molecular flexibility index (Phi) is 3.70. The standard InChI is InChI=1S/C8H12N2O.ClH/c1-5-3-6(9)8(11-2)7(10)4-5;/h3-4H,9-10H2,1-2H3;1H. The molecule has 0 bridgehead atoms. The third-order valence-corrected chi connectivity index (χ3v) is 1.49. The van der Waals surface area contributed by atoms with Crippen LogP contribution in [0, 0.1) is 6.92 Å². The minimum absolute atomic E-state index is 0. The van der Waals surface area contributed by atoms with Crippen LogP contribution in [-0.4, -0.2) is 7.11 Å². The summed E-state index contributed by atoms with van der Waals surface area (Å²) in [4.78, 5) is 0. The second kappa shape index (κ2) is 4.07. The predicted molar refractivity (Wildman–Crippen MR) is 53.8 cm³/mol. The van der Waals surface area contributed by atoms with Crippen LogP contribution in [0.2, 0.25) is 0 Å². The van der Waals surface area contributed by atoms with Crippen LogP contribution in [0.1, 0.15) is 5.56 Å². The van der Waals surface area contributed by atoms with Crippen molar-refractivity contribution in [2.45, 2.75) is 6.92 Å². The van der Waals surface area contributed by atoms with Gasteiger partial charge in [-0.2, -0.15) is 0 Å². The van der Waals surface area contributed by atoms with Gasteiger partial charge in [0.1, 0.15) is 0 Å². The predicted octanol–water partition coefficient (Wildman–Crippen LogP) is 1.59. The number of anilines is 2. The van der Waals surface area contributed by atoms with E-state index in [9.17, 15) is 0 Å². The lowest BCUT2D eigenvalue weighted by Crippen LogP contribution is -1.98. The second-order valence-corrected chi connectivity index (χ2v) is 2.48. The highest BCUT2D eigenvalue weighted by molar-refractivity contribution is 5.85. The van der Waals surface area contributed by atoms with Crippen molar-refractivity contribution in [2.24, 2.45) is 0 Å². The highest BCUT2D eigenvalue weighted by atomic mass is 35.5. The maximum atomic E-state index is 5.63. The highest BCUT2D eigenvalue weighted by Crippen LogP contribution is 2.29. The molecule has 12 heavy (non-hydrogen) atoms. The Morgan fingerprint density at radius 1 is 1.17 bits per heavy atom. The monoisotopic (exact) mass is 188 g/mol. The zero-order valence-corrected chi connectivity index (χ0v) is 7.94. The molecule has 0 aromatic heterocycles. The van der Waals surface area contributed by atoms with Crippen molar-refractivity contribution >= 4 is 23.8 Å². The van der Waals surface area contributed by atoms with Gasteiger partial charge in [-0.3, -0.25) is 0 Å². The fraction of sp³-hybridized carbons (Fsp3) is 0.250. The summed E-state index contributed by atoms with van der Waals surface area (Å²) in [6, 6.07) is 3.66. The maximum absolute atomic E-state index is 5.63. The van der Waals surface area contributed by atoms with Crippen LogP contribution in [0.25, 0.3) is 0 Å². The first-order valence-corrected chi connectivity index (χ1v) is 3.34. The van der Waals surface area contributed by atoms with Gasteiger partial charge in [0.25, 0.3) is 0 Å². The average molecular weight is 189 g/mol. The summed E-state index contributed by atoms with van der Waals surface area (Å²) in [5.74, 6) is 0.565. The molecule has 68 valence electrons. The van der Waals surface area contributed by atoms with Gasteiger partial charge in [0, 0.05) is 0 Å². The number of nitrogens with two attached hydrogens (primary N) is 2. The van der Waals surface area contributed by atoms with Crippen LogP contribution >= 0.6 is 12.4 Å². The minimum atomic E-state index is 0. The number of nitrogen functional groups attached to an aromatic ring is 2. The number of ether oxygens (including phenoxy) is 1. The minimum Gasteiger partial charge on any atom is -0.492 e. The molecular formula is C8H13ClN2O. The molecular weight excluding hydrogens is 176 g/mol. The summed E-state index contributed by atoms with van der Waals surface area (Å²) >= 11 is 0. The van der Waals surface area contributed by atoms with Crippen LogP contribution < -0.4 is 16.2 Å². The Morgan fingerprint density at radius 2 is 1.58 bits per heavy atom. The summed E-state index contributed by atoms with van der Waals surface area (Å²) in [6.07, 6.45) is 0. The third kappa shape index (κ3) is 1.95. The van der Waals surface area contributed by atoms with E-state index in [1.165, 1.54) is 0 Å². The van der Waals surface area contributed by atoms with Gasteiger partial charge in [-0.05, 0) is 24.6 Å². The smallest absolute Gasteiger partial charge is 0.164 e. The van der Waals surface area contributed by atoms with Crippen molar-refractivity contribution in [3.05, 3.63) is 17.7 Å². The molecule has 0 saturated carbocycles. The van der Waals surface area contributed by atoms with E-state index in [1.807, 2.05) is 19.1 Å². The quantitative estimate of drug-likeness (QED) is 0.658. The summed E-state index contributed by atoms with van der Waals surface area (Å²) in [5, 5.41) is 0. The lowest BCUT2D eigenvalue weighted by Gasteiger charge is -2.07. The Labute approximate surface area is 78.1 Å². The lowest BCUT2D eigenvalue weighted by atomic mass is 10.2. The van der Waals surface area contributed by atoms with Crippen molar-refractivity contribution in [3.63, 3.8) is 0 Å². The SMILES string of the molecule is COc1c(N)cc(C)cc1N.Cl. The van der Waals surface area contributed by atoms with Gasteiger partial charge < -0.3 is 16.2 Å². The first kappa shape index (κ1) is 10.9. The van der Waals surface area contributed by atoms with Gasteiger partial charge in [0.05, 0.1) is 18.5 Å². The first-order chi connectivity index (χ1) is 5.15. The molecule has 1 rings (SSSR count). The van der Waals surface area contributed by atoms with Crippen molar-refractivity contribution in [1.82, 2.24) is 0 Å². The third-order valence-electron chi connectivity index (χ3n) is 1.49. The summed E-state index contributed by atoms with van der Waals surface area (Å²) < 4.78 is 4.98. The second-order valence-electron chi connectivity index (χ2n) is 2.48. The Balaban J connectivity index is 0.00000121. The van der Waals surface area contributed by atoms with Crippen LogP contribution in [0.15, 0.2) is 12.1 Å². The molecule has 0 fully saturated rings. The van der Waals surface area contributed by atoms with Crippen LogP contribution in [0.5, 0.6) is 5.75 Å². The largest absolute Gasteiger partial charge is 0.492 e. The van der Waals surface area contributed by atoms with E-state index in [0.717, 1.165) is 5.56 Å². The van der Waals surface area contributed by atoms with Crippen molar-refractivity contribution in [2.75, 3.05) is 18.6 Å². The number of aryl methyl sites for hydroxylation is 1. The molecule has 0 spiro atoms. The molecule has 0 radical (unpaired) electrons. The molecule has 0 unspecified atom stereocenters. The normalized spacial score (nSPS) is 8.83. The fourth-order valence-electron chi connectivity index (χ4n) is 1.07.